The molecule has 0 bridgehead atoms. The highest BCUT2D eigenvalue weighted by molar-refractivity contribution is 9.10. The average Bonchev–Trinajstić information content (AvgIpc) is 2.79. The Morgan fingerprint density at radius 3 is 2.58 bits per heavy atom. The van der Waals surface area contributed by atoms with Gasteiger partial charge in [-0.05, 0) is 52.7 Å². The molecular formula is C23H22BrF2N3O4. The van der Waals surface area contributed by atoms with Crippen molar-refractivity contribution in [2.45, 2.75) is 20.1 Å². The summed E-state index contributed by atoms with van der Waals surface area (Å²) in [6.45, 7) is 2.50. The molecule has 0 saturated heterocycles. The minimum absolute atomic E-state index is 0.0144. The lowest BCUT2D eigenvalue weighted by Gasteiger charge is -2.14. The van der Waals surface area contributed by atoms with Gasteiger partial charge in [-0.2, -0.15) is 4.98 Å². The maximum atomic E-state index is 13.8. The second kappa shape index (κ2) is 11.2. The van der Waals surface area contributed by atoms with Crippen LogP contribution >= 0.6 is 15.9 Å². The summed E-state index contributed by atoms with van der Waals surface area (Å²) in [5.74, 6) is -1.24. The Hall–Kier alpha value is -3.11. The van der Waals surface area contributed by atoms with Crippen molar-refractivity contribution in [3.63, 3.8) is 0 Å². The van der Waals surface area contributed by atoms with Crippen molar-refractivity contribution in [2.24, 2.45) is 0 Å². The van der Waals surface area contributed by atoms with Crippen LogP contribution in [-0.2, 0) is 17.9 Å². The fraction of sp³-hybridized carbons (Fsp3) is 0.261. The first-order chi connectivity index (χ1) is 15.8. The van der Waals surface area contributed by atoms with E-state index in [-0.39, 0.29) is 40.5 Å². The minimum atomic E-state index is -0.744. The van der Waals surface area contributed by atoms with E-state index in [1.807, 2.05) is 0 Å². The molecule has 174 valence electrons. The standard InChI is InChI=1S/C23H22BrF2N3O4/c1-14-28-22(33-13-17-7-8-18(25)11-19(17)26)20(24)23(31)29(14)12-15-3-5-16(6-4-15)21(30)27-9-10-32-2/h3-8,11H,9-10,12-13H2,1-2H3,(H,27,30). The van der Waals surface area contributed by atoms with Gasteiger partial charge >= 0.3 is 0 Å². The van der Waals surface area contributed by atoms with Gasteiger partial charge in [0.05, 0.1) is 13.2 Å². The molecule has 1 N–H and O–H groups in total. The van der Waals surface area contributed by atoms with E-state index in [1.54, 1.807) is 38.3 Å². The molecule has 7 nitrogen and oxygen atoms in total. The summed E-state index contributed by atoms with van der Waals surface area (Å²) < 4.78 is 38.8. The third kappa shape index (κ3) is 6.23. The predicted molar refractivity (Wildman–Crippen MR) is 121 cm³/mol. The van der Waals surface area contributed by atoms with E-state index in [2.05, 4.69) is 26.2 Å². The zero-order valence-corrected chi connectivity index (χ0v) is 19.6. The van der Waals surface area contributed by atoms with Crippen molar-refractivity contribution in [1.29, 1.82) is 0 Å². The quantitative estimate of drug-likeness (QED) is 0.435. The van der Waals surface area contributed by atoms with E-state index >= 15 is 0 Å². The first-order valence-electron chi connectivity index (χ1n) is 10.00. The van der Waals surface area contributed by atoms with E-state index < -0.39 is 11.6 Å². The number of carbonyl (C=O) groups is 1. The highest BCUT2D eigenvalue weighted by Gasteiger charge is 2.15. The third-order valence-electron chi connectivity index (χ3n) is 4.80. The number of halogens is 3. The number of carbonyl (C=O) groups excluding carboxylic acids is 1. The van der Waals surface area contributed by atoms with E-state index in [1.165, 1.54) is 10.6 Å². The molecule has 0 aliphatic heterocycles. The molecule has 0 saturated carbocycles. The fourth-order valence-electron chi connectivity index (χ4n) is 2.99. The molecule has 2 aromatic carbocycles. The van der Waals surface area contributed by atoms with Crippen LogP contribution in [0.4, 0.5) is 8.78 Å². The number of aromatic nitrogens is 2. The van der Waals surface area contributed by atoms with Crippen LogP contribution in [-0.4, -0.2) is 35.7 Å². The van der Waals surface area contributed by atoms with E-state index in [4.69, 9.17) is 9.47 Å². The second-order valence-corrected chi connectivity index (χ2v) is 7.93. The maximum absolute atomic E-state index is 13.8. The van der Waals surface area contributed by atoms with Gasteiger partial charge < -0.3 is 14.8 Å². The van der Waals surface area contributed by atoms with Gasteiger partial charge in [0.15, 0.2) is 0 Å². The van der Waals surface area contributed by atoms with Crippen molar-refractivity contribution < 1.29 is 23.0 Å². The molecule has 0 aliphatic carbocycles. The number of methoxy groups -OCH3 is 1. The van der Waals surface area contributed by atoms with Gasteiger partial charge in [0, 0.05) is 30.8 Å². The lowest BCUT2D eigenvalue weighted by Crippen LogP contribution is -2.27. The lowest BCUT2D eigenvalue weighted by molar-refractivity contribution is 0.0937. The van der Waals surface area contributed by atoms with Gasteiger partial charge in [0.1, 0.15) is 28.5 Å². The summed E-state index contributed by atoms with van der Waals surface area (Å²) in [6, 6.07) is 10.0. The zero-order chi connectivity index (χ0) is 24.0. The Morgan fingerprint density at radius 1 is 1.18 bits per heavy atom. The number of hydrogen-bond acceptors (Lipinski definition) is 5. The number of ether oxygens (including phenoxy) is 2. The molecular weight excluding hydrogens is 500 g/mol. The van der Waals surface area contributed by atoms with Crippen LogP contribution in [0.2, 0.25) is 0 Å². The summed E-state index contributed by atoms with van der Waals surface area (Å²) in [5, 5.41) is 2.74. The molecule has 3 rings (SSSR count). The van der Waals surface area contributed by atoms with Gasteiger partial charge in [0.2, 0.25) is 5.88 Å². The second-order valence-electron chi connectivity index (χ2n) is 7.14. The molecule has 0 atom stereocenters. The number of aryl methyl sites for hydroxylation is 1. The van der Waals surface area contributed by atoms with E-state index in [9.17, 15) is 18.4 Å². The SMILES string of the molecule is COCCNC(=O)c1ccc(Cn2c(C)nc(OCc3ccc(F)cc3F)c(Br)c2=O)cc1. The Bertz CT molecular complexity index is 1200. The number of benzene rings is 2. The zero-order valence-electron chi connectivity index (χ0n) is 18.0. The minimum Gasteiger partial charge on any atom is -0.472 e. The summed E-state index contributed by atoms with van der Waals surface area (Å²) in [7, 11) is 1.56. The van der Waals surface area contributed by atoms with Crippen LogP contribution in [0.1, 0.15) is 27.3 Å². The van der Waals surface area contributed by atoms with Crippen molar-refractivity contribution >= 4 is 21.8 Å². The van der Waals surface area contributed by atoms with E-state index in [0.29, 0.717) is 24.5 Å². The van der Waals surface area contributed by atoms with Crippen LogP contribution in [0, 0.1) is 18.6 Å². The van der Waals surface area contributed by atoms with Gasteiger partial charge in [-0.25, -0.2) is 8.78 Å². The number of nitrogens with zero attached hydrogens (tertiary/aromatic N) is 2. The number of rotatable bonds is 9. The molecule has 1 amide bonds. The van der Waals surface area contributed by atoms with Gasteiger partial charge in [0.25, 0.3) is 11.5 Å². The molecule has 0 unspecified atom stereocenters. The monoisotopic (exact) mass is 521 g/mol. The first-order valence-corrected chi connectivity index (χ1v) is 10.8. The van der Waals surface area contributed by atoms with Crippen LogP contribution in [0.5, 0.6) is 5.88 Å². The number of nitrogens with one attached hydrogen (secondary N) is 1. The predicted octanol–water partition coefficient (Wildman–Crippen LogP) is 3.60. The van der Waals surface area contributed by atoms with E-state index in [0.717, 1.165) is 17.7 Å². The highest BCUT2D eigenvalue weighted by atomic mass is 79.9. The molecule has 0 aliphatic rings. The summed E-state index contributed by atoms with van der Waals surface area (Å²) in [6.07, 6.45) is 0. The molecule has 1 heterocycles. The Labute approximate surface area is 197 Å². The van der Waals surface area contributed by atoms with Crippen LogP contribution in [0.25, 0.3) is 0 Å². The van der Waals surface area contributed by atoms with Crippen molar-refractivity contribution in [3.8, 4) is 5.88 Å². The number of hydrogen-bond donors (Lipinski definition) is 1. The largest absolute Gasteiger partial charge is 0.472 e. The third-order valence-corrected chi connectivity index (χ3v) is 5.48. The molecule has 0 radical (unpaired) electrons. The summed E-state index contributed by atoms with van der Waals surface area (Å²) in [5.41, 5.74) is 1.05. The number of amides is 1. The Kier molecular flexibility index (Phi) is 8.29. The highest BCUT2D eigenvalue weighted by Crippen LogP contribution is 2.21. The van der Waals surface area contributed by atoms with Gasteiger partial charge in [-0.3, -0.25) is 14.2 Å². The van der Waals surface area contributed by atoms with Crippen LogP contribution in [0.3, 0.4) is 0 Å². The smallest absolute Gasteiger partial charge is 0.272 e. The normalized spacial score (nSPS) is 10.8. The van der Waals surface area contributed by atoms with Gasteiger partial charge in [-0.1, -0.05) is 12.1 Å². The molecule has 10 heteroatoms. The van der Waals surface area contributed by atoms with Crippen LogP contribution in [0.15, 0.2) is 51.7 Å². The summed E-state index contributed by atoms with van der Waals surface area (Å²) >= 11 is 3.21. The molecule has 0 fully saturated rings. The molecule has 0 spiro atoms. The molecule has 3 aromatic rings. The molecule has 33 heavy (non-hydrogen) atoms. The first kappa shape index (κ1) is 24.5. The lowest BCUT2D eigenvalue weighted by atomic mass is 10.1. The Balaban J connectivity index is 1.72. The maximum Gasteiger partial charge on any atom is 0.272 e. The summed E-state index contributed by atoms with van der Waals surface area (Å²) in [4.78, 5) is 29.2. The van der Waals surface area contributed by atoms with Crippen molar-refractivity contribution in [1.82, 2.24) is 14.9 Å². The topological polar surface area (TPSA) is 82.4 Å². The Morgan fingerprint density at radius 2 is 1.91 bits per heavy atom. The average molecular weight is 522 g/mol. The molecule has 1 aromatic heterocycles. The van der Waals surface area contributed by atoms with Crippen molar-refractivity contribution in [3.05, 3.63) is 91.4 Å². The van der Waals surface area contributed by atoms with Crippen molar-refractivity contribution in [2.75, 3.05) is 20.3 Å². The van der Waals surface area contributed by atoms with Gasteiger partial charge in [-0.15, -0.1) is 0 Å². The fourth-order valence-corrected chi connectivity index (χ4v) is 3.41. The van der Waals surface area contributed by atoms with Crippen LogP contribution < -0.4 is 15.6 Å².